The zero-order valence-electron chi connectivity index (χ0n) is 10.9. The van der Waals surface area contributed by atoms with Gasteiger partial charge in [-0.05, 0) is 30.7 Å². The summed E-state index contributed by atoms with van der Waals surface area (Å²) >= 11 is 0. The SMILES string of the molecule is COC(=O)c1ccc(F)c(NC(=O)CC(C)CN)c1. The van der Waals surface area contributed by atoms with Crippen LogP contribution in [0.5, 0.6) is 0 Å². The Kier molecular flexibility index (Phi) is 5.44. The van der Waals surface area contributed by atoms with Crippen LogP contribution < -0.4 is 11.1 Å². The Hall–Kier alpha value is -1.95. The standard InChI is InChI=1S/C13H17FN2O3/c1-8(7-15)5-12(17)16-11-6-9(13(18)19-2)3-4-10(11)14/h3-4,6,8H,5,7,15H2,1-2H3,(H,16,17). The van der Waals surface area contributed by atoms with Crippen LogP contribution in [-0.4, -0.2) is 25.5 Å². The van der Waals surface area contributed by atoms with Crippen molar-refractivity contribution in [2.45, 2.75) is 13.3 Å². The van der Waals surface area contributed by atoms with Gasteiger partial charge < -0.3 is 15.8 Å². The van der Waals surface area contributed by atoms with E-state index in [-0.39, 0.29) is 29.5 Å². The molecule has 19 heavy (non-hydrogen) atoms. The number of benzene rings is 1. The van der Waals surface area contributed by atoms with Crippen molar-refractivity contribution in [3.8, 4) is 0 Å². The van der Waals surface area contributed by atoms with Gasteiger partial charge in [0.15, 0.2) is 0 Å². The average molecular weight is 268 g/mol. The summed E-state index contributed by atoms with van der Waals surface area (Å²) in [6.07, 6.45) is 0.193. The molecule has 0 aliphatic heterocycles. The lowest BCUT2D eigenvalue weighted by Gasteiger charge is -2.10. The second kappa shape index (κ2) is 6.84. The van der Waals surface area contributed by atoms with Gasteiger partial charge in [0, 0.05) is 6.42 Å². The first-order valence-corrected chi connectivity index (χ1v) is 5.85. The highest BCUT2D eigenvalue weighted by atomic mass is 19.1. The maximum Gasteiger partial charge on any atom is 0.337 e. The Labute approximate surface area is 110 Å². The van der Waals surface area contributed by atoms with Gasteiger partial charge >= 0.3 is 5.97 Å². The molecule has 6 heteroatoms. The quantitative estimate of drug-likeness (QED) is 0.794. The van der Waals surface area contributed by atoms with E-state index in [2.05, 4.69) is 10.1 Å². The monoisotopic (exact) mass is 268 g/mol. The molecule has 0 saturated heterocycles. The fraction of sp³-hybridized carbons (Fsp3) is 0.385. The maximum absolute atomic E-state index is 13.5. The summed E-state index contributed by atoms with van der Waals surface area (Å²) in [7, 11) is 1.23. The molecular formula is C13H17FN2O3. The first-order chi connectivity index (χ1) is 8.97. The van der Waals surface area contributed by atoms with Gasteiger partial charge in [-0.15, -0.1) is 0 Å². The molecule has 0 saturated carbocycles. The number of amides is 1. The molecule has 0 bridgehead atoms. The van der Waals surface area contributed by atoms with E-state index in [4.69, 9.17) is 5.73 Å². The summed E-state index contributed by atoms with van der Waals surface area (Å²) in [4.78, 5) is 22.9. The van der Waals surface area contributed by atoms with Gasteiger partial charge in [0.2, 0.25) is 5.91 Å². The number of nitrogens with one attached hydrogen (secondary N) is 1. The van der Waals surface area contributed by atoms with Gasteiger partial charge in [0.05, 0.1) is 18.4 Å². The number of methoxy groups -OCH3 is 1. The number of ether oxygens (including phenoxy) is 1. The number of nitrogens with two attached hydrogens (primary N) is 1. The Morgan fingerprint density at radius 1 is 1.47 bits per heavy atom. The summed E-state index contributed by atoms with van der Waals surface area (Å²) in [5, 5.41) is 2.42. The van der Waals surface area contributed by atoms with Crippen molar-refractivity contribution < 1.29 is 18.7 Å². The van der Waals surface area contributed by atoms with Gasteiger partial charge in [0.25, 0.3) is 0 Å². The van der Waals surface area contributed by atoms with Crippen LogP contribution in [0.1, 0.15) is 23.7 Å². The number of carbonyl (C=O) groups is 2. The maximum atomic E-state index is 13.5. The Morgan fingerprint density at radius 2 is 2.16 bits per heavy atom. The second-order valence-corrected chi connectivity index (χ2v) is 4.28. The van der Waals surface area contributed by atoms with Crippen molar-refractivity contribution >= 4 is 17.6 Å². The topological polar surface area (TPSA) is 81.4 Å². The normalized spacial score (nSPS) is 11.8. The zero-order valence-corrected chi connectivity index (χ0v) is 10.9. The van der Waals surface area contributed by atoms with Crippen molar-refractivity contribution in [1.29, 1.82) is 0 Å². The summed E-state index contributed by atoms with van der Waals surface area (Å²) in [5.74, 6) is -1.54. The van der Waals surface area contributed by atoms with Crippen LogP contribution in [0.2, 0.25) is 0 Å². The molecule has 0 aromatic heterocycles. The van der Waals surface area contributed by atoms with Crippen LogP contribution in [0.15, 0.2) is 18.2 Å². The summed E-state index contributed by atoms with van der Waals surface area (Å²) < 4.78 is 18.1. The molecule has 0 heterocycles. The van der Waals surface area contributed by atoms with E-state index >= 15 is 0 Å². The molecule has 1 rings (SSSR count). The van der Waals surface area contributed by atoms with Crippen molar-refractivity contribution in [3.63, 3.8) is 0 Å². The number of hydrogen-bond acceptors (Lipinski definition) is 4. The first-order valence-electron chi connectivity index (χ1n) is 5.85. The lowest BCUT2D eigenvalue weighted by atomic mass is 10.1. The van der Waals surface area contributed by atoms with Crippen molar-refractivity contribution in [3.05, 3.63) is 29.6 Å². The summed E-state index contributed by atoms with van der Waals surface area (Å²) in [6, 6.07) is 3.64. The highest BCUT2D eigenvalue weighted by Gasteiger charge is 2.13. The molecule has 1 amide bonds. The van der Waals surface area contributed by atoms with E-state index in [9.17, 15) is 14.0 Å². The predicted octanol–water partition coefficient (Wildman–Crippen LogP) is 1.54. The number of halogens is 1. The number of anilines is 1. The number of hydrogen-bond donors (Lipinski definition) is 2. The van der Waals surface area contributed by atoms with E-state index < -0.39 is 11.8 Å². The molecule has 1 aromatic rings. The molecule has 1 aromatic carbocycles. The third-order valence-corrected chi connectivity index (χ3v) is 2.60. The largest absolute Gasteiger partial charge is 0.465 e. The zero-order chi connectivity index (χ0) is 14.4. The number of rotatable bonds is 5. The van der Waals surface area contributed by atoms with Crippen LogP contribution in [-0.2, 0) is 9.53 Å². The predicted molar refractivity (Wildman–Crippen MR) is 69.2 cm³/mol. The van der Waals surface area contributed by atoms with Crippen molar-refractivity contribution in [2.75, 3.05) is 19.0 Å². The number of carbonyl (C=O) groups excluding carboxylic acids is 2. The van der Waals surface area contributed by atoms with Gasteiger partial charge in [-0.25, -0.2) is 9.18 Å². The minimum atomic E-state index is -0.610. The van der Waals surface area contributed by atoms with Crippen LogP contribution in [0.25, 0.3) is 0 Å². The molecule has 104 valence electrons. The lowest BCUT2D eigenvalue weighted by molar-refractivity contribution is -0.116. The third kappa shape index (κ3) is 4.33. The average Bonchev–Trinajstić information content (AvgIpc) is 2.40. The molecule has 5 nitrogen and oxygen atoms in total. The molecular weight excluding hydrogens is 251 g/mol. The van der Waals surface area contributed by atoms with Crippen LogP contribution in [0.4, 0.5) is 10.1 Å². The molecule has 0 fully saturated rings. The fourth-order valence-electron chi connectivity index (χ4n) is 1.47. The molecule has 0 radical (unpaired) electrons. The second-order valence-electron chi connectivity index (χ2n) is 4.28. The smallest absolute Gasteiger partial charge is 0.337 e. The molecule has 0 aliphatic carbocycles. The highest BCUT2D eigenvalue weighted by Crippen LogP contribution is 2.17. The third-order valence-electron chi connectivity index (χ3n) is 2.60. The van der Waals surface area contributed by atoms with Gasteiger partial charge in [-0.1, -0.05) is 6.92 Å². The van der Waals surface area contributed by atoms with Crippen LogP contribution in [0, 0.1) is 11.7 Å². The van der Waals surface area contributed by atoms with Crippen molar-refractivity contribution in [1.82, 2.24) is 0 Å². The molecule has 0 spiro atoms. The van der Waals surface area contributed by atoms with Crippen molar-refractivity contribution in [2.24, 2.45) is 11.7 Å². The van der Waals surface area contributed by atoms with E-state index in [0.717, 1.165) is 6.07 Å². The van der Waals surface area contributed by atoms with E-state index in [1.807, 2.05) is 6.92 Å². The van der Waals surface area contributed by atoms with Gasteiger partial charge in [0.1, 0.15) is 5.82 Å². The molecule has 1 atom stereocenters. The van der Waals surface area contributed by atoms with E-state index in [1.54, 1.807) is 0 Å². The Balaban J connectivity index is 2.82. The minimum absolute atomic E-state index is 0.00634. The number of esters is 1. The molecule has 1 unspecified atom stereocenters. The molecule has 3 N–H and O–H groups in total. The minimum Gasteiger partial charge on any atom is -0.465 e. The van der Waals surface area contributed by atoms with Crippen LogP contribution in [0.3, 0.4) is 0 Å². The Bertz CT molecular complexity index is 477. The summed E-state index contributed by atoms with van der Waals surface area (Å²) in [6.45, 7) is 2.19. The van der Waals surface area contributed by atoms with Crippen LogP contribution >= 0.6 is 0 Å². The van der Waals surface area contributed by atoms with E-state index in [1.165, 1.54) is 19.2 Å². The fourth-order valence-corrected chi connectivity index (χ4v) is 1.47. The first kappa shape index (κ1) is 15.1. The van der Waals surface area contributed by atoms with E-state index in [0.29, 0.717) is 6.54 Å². The Morgan fingerprint density at radius 3 is 2.74 bits per heavy atom. The summed E-state index contributed by atoms with van der Waals surface area (Å²) in [5.41, 5.74) is 5.54. The van der Waals surface area contributed by atoms with Gasteiger partial charge in [-0.3, -0.25) is 4.79 Å². The highest BCUT2D eigenvalue weighted by molar-refractivity contribution is 5.94. The van der Waals surface area contributed by atoms with Gasteiger partial charge in [-0.2, -0.15) is 0 Å². The molecule has 0 aliphatic rings. The lowest BCUT2D eigenvalue weighted by Crippen LogP contribution is -2.20.